The molecule has 1 aromatic rings. The molecule has 1 rings (SSSR count). The van der Waals surface area contributed by atoms with Crippen LogP contribution in [0.1, 0.15) is 37.0 Å². The molecule has 1 aromatic heterocycles. The van der Waals surface area contributed by atoms with Crippen molar-refractivity contribution in [1.29, 1.82) is 0 Å². The largest absolute Gasteiger partial charge is 0.435 e. The van der Waals surface area contributed by atoms with Gasteiger partial charge in [-0.25, -0.2) is 0 Å². The van der Waals surface area contributed by atoms with Crippen LogP contribution in [0.4, 0.5) is 13.2 Å². The molecular weight excluding hydrogens is 209 g/mol. The first kappa shape index (κ1) is 11.7. The number of carbonyl (C=O) groups is 1. The fraction of sp³-hybridized carbons (Fsp3) is 0.556. The van der Waals surface area contributed by atoms with E-state index in [1.54, 1.807) is 20.8 Å². The van der Waals surface area contributed by atoms with E-state index in [0.717, 1.165) is 10.7 Å². The molecule has 0 aliphatic rings. The highest BCUT2D eigenvalue weighted by molar-refractivity contribution is 5.72. The van der Waals surface area contributed by atoms with Gasteiger partial charge in [0, 0.05) is 0 Å². The van der Waals surface area contributed by atoms with Gasteiger partial charge in [-0.05, 0) is 26.8 Å². The van der Waals surface area contributed by atoms with Crippen LogP contribution in [0.2, 0.25) is 0 Å². The normalized spacial score (nSPS) is 12.9. The average Bonchev–Trinajstić information content (AvgIpc) is 2.44. The molecule has 84 valence electrons. The fourth-order valence-electron chi connectivity index (χ4n) is 1.16. The molecule has 0 atom stereocenters. The molecule has 0 saturated heterocycles. The van der Waals surface area contributed by atoms with Crippen LogP contribution in [0.3, 0.4) is 0 Å². The van der Waals surface area contributed by atoms with Crippen molar-refractivity contribution >= 4 is 6.29 Å². The Morgan fingerprint density at radius 2 is 1.87 bits per heavy atom. The van der Waals surface area contributed by atoms with Gasteiger partial charge >= 0.3 is 6.18 Å². The molecule has 0 spiro atoms. The lowest BCUT2D eigenvalue weighted by Gasteiger charge is -2.20. The van der Waals surface area contributed by atoms with E-state index in [9.17, 15) is 18.0 Å². The number of halogens is 3. The van der Waals surface area contributed by atoms with Gasteiger partial charge in [-0.1, -0.05) is 0 Å². The highest BCUT2D eigenvalue weighted by atomic mass is 19.4. The molecule has 15 heavy (non-hydrogen) atoms. The molecule has 1 heterocycles. The second-order valence-corrected chi connectivity index (χ2v) is 4.15. The van der Waals surface area contributed by atoms with E-state index >= 15 is 0 Å². The molecule has 0 amide bonds. The summed E-state index contributed by atoms with van der Waals surface area (Å²) in [5, 5.41) is 3.38. The highest BCUT2D eigenvalue weighted by Gasteiger charge is 2.36. The highest BCUT2D eigenvalue weighted by Crippen LogP contribution is 2.29. The number of hydrogen-bond acceptors (Lipinski definition) is 2. The van der Waals surface area contributed by atoms with Crippen LogP contribution >= 0.6 is 0 Å². The third kappa shape index (κ3) is 2.37. The number of nitrogens with zero attached hydrogens (tertiary/aromatic N) is 2. The van der Waals surface area contributed by atoms with Gasteiger partial charge in [0.15, 0.2) is 12.0 Å². The summed E-state index contributed by atoms with van der Waals surface area (Å²) >= 11 is 0. The first-order valence-corrected chi connectivity index (χ1v) is 4.29. The van der Waals surface area contributed by atoms with Crippen molar-refractivity contribution in [3.8, 4) is 0 Å². The minimum atomic E-state index is -4.52. The number of alkyl halides is 3. The Kier molecular flexibility index (Phi) is 2.63. The Hall–Kier alpha value is -1.33. The lowest BCUT2D eigenvalue weighted by Crippen LogP contribution is -2.25. The van der Waals surface area contributed by atoms with Crippen molar-refractivity contribution in [3.05, 3.63) is 17.5 Å². The maximum atomic E-state index is 12.3. The molecule has 0 fully saturated rings. The molecule has 6 heteroatoms. The van der Waals surface area contributed by atoms with Crippen molar-refractivity contribution in [2.45, 2.75) is 32.5 Å². The zero-order valence-electron chi connectivity index (χ0n) is 8.59. The quantitative estimate of drug-likeness (QED) is 0.681. The topological polar surface area (TPSA) is 34.9 Å². The lowest BCUT2D eigenvalue weighted by atomic mass is 10.1. The Morgan fingerprint density at radius 1 is 1.33 bits per heavy atom. The summed E-state index contributed by atoms with van der Waals surface area (Å²) in [4.78, 5) is 10.6. The standard InChI is InChI=1S/C9H11F3N2O/c1-8(2,3)14-6(5-15)4-7(13-14)9(10,11)12/h4-5H,1-3H3. The Bertz CT molecular complexity index is 374. The van der Waals surface area contributed by atoms with E-state index in [1.165, 1.54) is 0 Å². The van der Waals surface area contributed by atoms with Crippen molar-refractivity contribution in [2.75, 3.05) is 0 Å². The zero-order valence-corrected chi connectivity index (χ0v) is 8.59. The predicted octanol–water partition coefficient (Wildman–Crippen LogP) is 2.47. The summed E-state index contributed by atoms with van der Waals surface area (Å²) < 4.78 is 38.0. The van der Waals surface area contributed by atoms with Crippen molar-refractivity contribution in [3.63, 3.8) is 0 Å². The minimum Gasteiger partial charge on any atom is -0.296 e. The van der Waals surface area contributed by atoms with E-state index in [4.69, 9.17) is 0 Å². The molecule has 0 radical (unpaired) electrons. The summed E-state index contributed by atoms with van der Waals surface area (Å²) in [5.74, 6) is 0. The summed E-state index contributed by atoms with van der Waals surface area (Å²) in [6.07, 6.45) is -4.15. The van der Waals surface area contributed by atoms with Crippen molar-refractivity contribution in [2.24, 2.45) is 0 Å². The van der Waals surface area contributed by atoms with Crippen LogP contribution in [-0.4, -0.2) is 16.1 Å². The van der Waals surface area contributed by atoms with Gasteiger partial charge in [-0.15, -0.1) is 0 Å². The number of carbonyl (C=O) groups excluding carboxylic acids is 1. The van der Waals surface area contributed by atoms with Gasteiger partial charge in [0.05, 0.1) is 5.54 Å². The molecule has 0 bridgehead atoms. The molecule has 0 saturated carbocycles. The minimum absolute atomic E-state index is 0.0742. The molecule has 3 nitrogen and oxygen atoms in total. The van der Waals surface area contributed by atoms with Crippen LogP contribution < -0.4 is 0 Å². The SMILES string of the molecule is CC(C)(C)n1nc(C(F)(F)F)cc1C=O. The first-order valence-electron chi connectivity index (χ1n) is 4.29. The van der Waals surface area contributed by atoms with Gasteiger partial charge in [-0.2, -0.15) is 18.3 Å². The van der Waals surface area contributed by atoms with Crippen LogP contribution in [0, 0.1) is 0 Å². The van der Waals surface area contributed by atoms with E-state index < -0.39 is 17.4 Å². The van der Waals surface area contributed by atoms with Gasteiger partial charge in [0.25, 0.3) is 0 Å². The maximum Gasteiger partial charge on any atom is 0.435 e. The summed E-state index contributed by atoms with van der Waals surface area (Å²) in [5.41, 5.74) is -1.77. The van der Waals surface area contributed by atoms with E-state index in [-0.39, 0.29) is 5.69 Å². The van der Waals surface area contributed by atoms with E-state index in [1.807, 2.05) is 0 Å². The number of aromatic nitrogens is 2. The van der Waals surface area contributed by atoms with Crippen LogP contribution in [0.15, 0.2) is 6.07 Å². The van der Waals surface area contributed by atoms with Crippen LogP contribution in [0.25, 0.3) is 0 Å². The molecule has 0 aromatic carbocycles. The Morgan fingerprint density at radius 3 is 2.13 bits per heavy atom. The second-order valence-electron chi connectivity index (χ2n) is 4.15. The van der Waals surface area contributed by atoms with Gasteiger partial charge in [-0.3, -0.25) is 9.48 Å². The maximum absolute atomic E-state index is 12.3. The zero-order chi connectivity index (χ0) is 11.9. The van der Waals surface area contributed by atoms with E-state index in [0.29, 0.717) is 6.29 Å². The Labute approximate surface area is 84.9 Å². The van der Waals surface area contributed by atoms with Crippen LogP contribution in [-0.2, 0) is 11.7 Å². The summed E-state index contributed by atoms with van der Waals surface area (Å²) in [7, 11) is 0. The van der Waals surface area contributed by atoms with Crippen LogP contribution in [0.5, 0.6) is 0 Å². The van der Waals surface area contributed by atoms with Gasteiger partial charge in [0.2, 0.25) is 0 Å². The van der Waals surface area contributed by atoms with Gasteiger partial charge in [0.1, 0.15) is 5.69 Å². The average molecular weight is 220 g/mol. The predicted molar refractivity (Wildman–Crippen MR) is 47.6 cm³/mol. The smallest absolute Gasteiger partial charge is 0.296 e. The second kappa shape index (κ2) is 3.36. The molecule has 0 aliphatic heterocycles. The lowest BCUT2D eigenvalue weighted by molar-refractivity contribution is -0.141. The monoisotopic (exact) mass is 220 g/mol. The fourth-order valence-corrected chi connectivity index (χ4v) is 1.16. The number of rotatable bonds is 1. The summed E-state index contributed by atoms with van der Waals surface area (Å²) in [6, 6.07) is 0.748. The third-order valence-electron chi connectivity index (χ3n) is 1.78. The summed E-state index contributed by atoms with van der Waals surface area (Å²) in [6.45, 7) is 5.02. The molecule has 0 aliphatic carbocycles. The number of aldehydes is 1. The molecular formula is C9H11F3N2O. The number of hydrogen-bond donors (Lipinski definition) is 0. The van der Waals surface area contributed by atoms with Crippen molar-refractivity contribution < 1.29 is 18.0 Å². The van der Waals surface area contributed by atoms with Gasteiger partial charge < -0.3 is 0 Å². The molecule has 0 N–H and O–H groups in total. The first-order chi connectivity index (χ1) is 6.66. The molecule has 0 unspecified atom stereocenters. The third-order valence-corrected chi connectivity index (χ3v) is 1.78. The van der Waals surface area contributed by atoms with Crippen molar-refractivity contribution in [1.82, 2.24) is 9.78 Å². The van der Waals surface area contributed by atoms with E-state index in [2.05, 4.69) is 5.10 Å². The Balaban J connectivity index is 3.30.